The van der Waals surface area contributed by atoms with Crippen molar-refractivity contribution in [3.05, 3.63) is 59.2 Å². The highest BCUT2D eigenvalue weighted by atomic mass is 32.2. The second-order valence-corrected chi connectivity index (χ2v) is 9.88. The van der Waals surface area contributed by atoms with Gasteiger partial charge in [-0.25, -0.2) is 8.42 Å². The van der Waals surface area contributed by atoms with Gasteiger partial charge in [0.1, 0.15) is 6.04 Å². The number of aryl methyl sites for hydroxylation is 2. The van der Waals surface area contributed by atoms with Gasteiger partial charge in [-0.2, -0.15) is 0 Å². The molecular weight excluding hydrogens is 430 g/mol. The summed E-state index contributed by atoms with van der Waals surface area (Å²) in [6.07, 6.45) is 1.07. The lowest BCUT2D eigenvalue weighted by Crippen LogP contribution is -2.46. The molecule has 32 heavy (non-hydrogen) atoms. The Morgan fingerprint density at radius 2 is 1.66 bits per heavy atom. The second kappa shape index (κ2) is 9.70. The number of ether oxygens (including phenoxy) is 1. The summed E-state index contributed by atoms with van der Waals surface area (Å²) in [5.41, 5.74) is 2.90. The number of morpholine rings is 1. The molecule has 0 aliphatic carbocycles. The van der Waals surface area contributed by atoms with Crippen molar-refractivity contribution < 1.29 is 22.7 Å². The molecule has 1 saturated heterocycles. The Morgan fingerprint density at radius 3 is 2.25 bits per heavy atom. The Hall–Kier alpha value is -2.91. The lowest BCUT2D eigenvalue weighted by Gasteiger charge is -2.30. The van der Waals surface area contributed by atoms with Crippen LogP contribution < -0.4 is 9.62 Å². The fourth-order valence-electron chi connectivity index (χ4n) is 3.84. The minimum Gasteiger partial charge on any atom is -0.378 e. The van der Waals surface area contributed by atoms with Crippen LogP contribution in [0.3, 0.4) is 0 Å². The highest BCUT2D eigenvalue weighted by molar-refractivity contribution is 7.92. The zero-order valence-corrected chi connectivity index (χ0v) is 19.6. The van der Waals surface area contributed by atoms with Crippen LogP contribution in [0.2, 0.25) is 0 Å². The summed E-state index contributed by atoms with van der Waals surface area (Å²) in [5.74, 6) is -0.733. The van der Waals surface area contributed by atoms with Crippen LogP contribution in [-0.2, 0) is 19.6 Å². The molecule has 172 valence electrons. The first-order valence-corrected chi connectivity index (χ1v) is 12.3. The Balaban J connectivity index is 1.88. The molecule has 9 heteroatoms. The van der Waals surface area contributed by atoms with Crippen molar-refractivity contribution in [1.29, 1.82) is 0 Å². The lowest BCUT2D eigenvalue weighted by molar-refractivity contribution is -0.116. The summed E-state index contributed by atoms with van der Waals surface area (Å²) >= 11 is 0. The summed E-state index contributed by atoms with van der Waals surface area (Å²) in [4.78, 5) is 27.8. The van der Waals surface area contributed by atoms with Gasteiger partial charge in [-0.15, -0.1) is 0 Å². The lowest BCUT2D eigenvalue weighted by atomic mass is 10.1. The van der Waals surface area contributed by atoms with Crippen LogP contribution in [-0.4, -0.2) is 63.7 Å². The maximum atomic E-state index is 13.1. The summed E-state index contributed by atoms with van der Waals surface area (Å²) in [5, 5.41) is 2.76. The van der Waals surface area contributed by atoms with E-state index in [1.54, 1.807) is 41.3 Å². The molecule has 2 amide bonds. The summed E-state index contributed by atoms with van der Waals surface area (Å²) < 4.78 is 31.6. The molecule has 1 aliphatic heterocycles. The van der Waals surface area contributed by atoms with E-state index in [0.717, 1.165) is 21.7 Å². The van der Waals surface area contributed by atoms with E-state index in [9.17, 15) is 18.0 Å². The number of benzene rings is 2. The minimum atomic E-state index is -3.75. The second-order valence-electron chi connectivity index (χ2n) is 8.02. The predicted octanol–water partition coefficient (Wildman–Crippen LogP) is 2.57. The maximum Gasteiger partial charge on any atom is 0.256 e. The van der Waals surface area contributed by atoms with Crippen molar-refractivity contribution in [3.8, 4) is 0 Å². The van der Waals surface area contributed by atoms with Crippen LogP contribution in [0.4, 0.5) is 11.4 Å². The van der Waals surface area contributed by atoms with Gasteiger partial charge in [0.05, 0.1) is 36.4 Å². The van der Waals surface area contributed by atoms with E-state index in [1.807, 2.05) is 19.9 Å². The molecule has 2 aromatic rings. The fourth-order valence-corrected chi connectivity index (χ4v) is 5.00. The minimum absolute atomic E-state index is 0.203. The Kier molecular flexibility index (Phi) is 7.20. The van der Waals surface area contributed by atoms with Crippen LogP contribution >= 0.6 is 0 Å². The van der Waals surface area contributed by atoms with Crippen LogP contribution in [0, 0.1) is 13.8 Å². The van der Waals surface area contributed by atoms with Crippen LogP contribution in [0.25, 0.3) is 0 Å². The van der Waals surface area contributed by atoms with E-state index < -0.39 is 22.0 Å². The number of carbonyl (C=O) groups is 2. The van der Waals surface area contributed by atoms with E-state index in [2.05, 4.69) is 5.32 Å². The molecule has 2 aromatic carbocycles. The average Bonchev–Trinajstić information content (AvgIpc) is 2.72. The van der Waals surface area contributed by atoms with Gasteiger partial charge in [0.2, 0.25) is 15.9 Å². The SMILES string of the molecule is Cc1cc(C)cc(N([C@@H](C)C(=O)Nc2ccccc2C(=O)N2CCOCC2)S(C)(=O)=O)c1. The number of para-hydroxylation sites is 1. The fraction of sp³-hybridized carbons (Fsp3) is 0.391. The van der Waals surface area contributed by atoms with Crippen molar-refractivity contribution in [3.63, 3.8) is 0 Å². The number of nitrogens with zero attached hydrogens (tertiary/aromatic N) is 2. The molecule has 1 fully saturated rings. The highest BCUT2D eigenvalue weighted by Gasteiger charge is 2.30. The van der Waals surface area contributed by atoms with Crippen molar-refractivity contribution in [2.24, 2.45) is 0 Å². The maximum absolute atomic E-state index is 13.1. The molecular formula is C23H29N3O5S. The van der Waals surface area contributed by atoms with Crippen molar-refractivity contribution in [1.82, 2.24) is 4.90 Å². The number of anilines is 2. The molecule has 3 rings (SSSR count). The topological polar surface area (TPSA) is 96.0 Å². The molecule has 8 nitrogen and oxygen atoms in total. The number of sulfonamides is 1. The van der Waals surface area contributed by atoms with Gasteiger partial charge in [-0.3, -0.25) is 13.9 Å². The molecule has 0 bridgehead atoms. The van der Waals surface area contributed by atoms with Gasteiger partial charge in [0.15, 0.2) is 0 Å². The average molecular weight is 460 g/mol. The number of carbonyl (C=O) groups excluding carboxylic acids is 2. The summed E-state index contributed by atoms with van der Waals surface area (Å²) in [6, 6.07) is 11.1. The summed E-state index contributed by atoms with van der Waals surface area (Å²) in [7, 11) is -3.75. The molecule has 1 atom stereocenters. The normalized spacial score (nSPS) is 15.2. The molecule has 1 aliphatic rings. The number of nitrogens with one attached hydrogen (secondary N) is 1. The van der Waals surface area contributed by atoms with Crippen LogP contribution in [0.5, 0.6) is 0 Å². The van der Waals surface area contributed by atoms with Crippen LogP contribution in [0.1, 0.15) is 28.4 Å². The van der Waals surface area contributed by atoms with Gasteiger partial charge in [0, 0.05) is 13.1 Å². The smallest absolute Gasteiger partial charge is 0.256 e. The zero-order valence-electron chi connectivity index (χ0n) is 18.8. The first-order valence-electron chi connectivity index (χ1n) is 10.4. The Labute approximate surface area is 189 Å². The number of hydrogen-bond donors (Lipinski definition) is 1. The van der Waals surface area contributed by atoms with E-state index in [-0.39, 0.29) is 5.91 Å². The molecule has 0 saturated carbocycles. The molecule has 0 aromatic heterocycles. The van der Waals surface area contributed by atoms with E-state index >= 15 is 0 Å². The molecule has 0 radical (unpaired) electrons. The van der Waals surface area contributed by atoms with Crippen molar-refractivity contribution >= 4 is 33.2 Å². The van der Waals surface area contributed by atoms with E-state index in [0.29, 0.717) is 43.2 Å². The Bertz CT molecular complexity index is 1090. The third-order valence-electron chi connectivity index (χ3n) is 5.26. The van der Waals surface area contributed by atoms with Gasteiger partial charge in [-0.05, 0) is 56.2 Å². The Morgan fingerprint density at radius 1 is 1.06 bits per heavy atom. The number of amides is 2. The standard InChI is InChI=1S/C23H29N3O5S/c1-16-13-17(2)15-19(14-16)26(32(4,29)30)18(3)22(27)24-21-8-6-5-7-20(21)23(28)25-9-11-31-12-10-25/h5-8,13-15,18H,9-12H2,1-4H3,(H,24,27)/t18-/m0/s1. The van der Waals surface area contributed by atoms with Gasteiger partial charge < -0.3 is 15.0 Å². The van der Waals surface area contributed by atoms with Crippen LogP contribution in [0.15, 0.2) is 42.5 Å². The number of hydrogen-bond acceptors (Lipinski definition) is 5. The largest absolute Gasteiger partial charge is 0.378 e. The highest BCUT2D eigenvalue weighted by Crippen LogP contribution is 2.25. The molecule has 0 unspecified atom stereocenters. The third-order valence-corrected chi connectivity index (χ3v) is 6.50. The number of rotatable bonds is 6. The van der Waals surface area contributed by atoms with Gasteiger partial charge >= 0.3 is 0 Å². The van der Waals surface area contributed by atoms with Gasteiger partial charge in [0.25, 0.3) is 5.91 Å². The first-order chi connectivity index (χ1) is 15.1. The summed E-state index contributed by atoms with van der Waals surface area (Å²) in [6.45, 7) is 7.16. The third kappa shape index (κ3) is 5.46. The van der Waals surface area contributed by atoms with Crippen molar-refractivity contribution in [2.75, 3.05) is 42.2 Å². The molecule has 1 heterocycles. The van der Waals surface area contributed by atoms with E-state index in [4.69, 9.17) is 4.74 Å². The predicted molar refractivity (Wildman–Crippen MR) is 124 cm³/mol. The van der Waals surface area contributed by atoms with E-state index in [1.165, 1.54) is 6.92 Å². The van der Waals surface area contributed by atoms with Crippen molar-refractivity contribution in [2.45, 2.75) is 26.8 Å². The molecule has 1 N–H and O–H groups in total. The first kappa shape index (κ1) is 23.7. The zero-order chi connectivity index (χ0) is 23.5. The quantitative estimate of drug-likeness (QED) is 0.716. The monoisotopic (exact) mass is 459 g/mol. The van der Waals surface area contributed by atoms with Gasteiger partial charge in [-0.1, -0.05) is 18.2 Å². The molecule has 0 spiro atoms.